The molecule has 0 unspecified atom stereocenters. The van der Waals surface area contributed by atoms with Gasteiger partial charge in [0, 0.05) is 6.42 Å². The number of aromatic nitrogens is 2. The van der Waals surface area contributed by atoms with Crippen LogP contribution in [0, 0.1) is 5.92 Å². The quantitative estimate of drug-likeness (QED) is 0.815. The highest BCUT2D eigenvalue weighted by Gasteiger charge is 2.13. The van der Waals surface area contributed by atoms with E-state index < -0.39 is 0 Å². The van der Waals surface area contributed by atoms with Crippen molar-refractivity contribution >= 4 is 11.5 Å². The van der Waals surface area contributed by atoms with Crippen LogP contribution in [0.15, 0.2) is 22.8 Å². The molecule has 0 aliphatic carbocycles. The fourth-order valence-electron chi connectivity index (χ4n) is 1.73. The van der Waals surface area contributed by atoms with Crippen molar-refractivity contribution in [3.63, 3.8) is 0 Å². The van der Waals surface area contributed by atoms with E-state index >= 15 is 0 Å². The van der Waals surface area contributed by atoms with E-state index in [9.17, 15) is 0 Å². The van der Waals surface area contributed by atoms with Crippen molar-refractivity contribution in [3.05, 3.63) is 30.0 Å². The number of nitrogens with zero attached hydrogens (tertiary/aromatic N) is 2. The Morgan fingerprint density at radius 3 is 2.81 bits per heavy atom. The predicted molar refractivity (Wildman–Crippen MR) is 82.2 cm³/mol. The minimum atomic E-state index is 0.406. The largest absolute Gasteiger partial charge is 0.476 e. The Bertz CT molecular complexity index is 567. The summed E-state index contributed by atoms with van der Waals surface area (Å²) in [6, 6.07) is 3.73. The molecule has 0 aliphatic rings. The molecule has 0 amide bonds. The number of nitrogen functional groups attached to an aromatic ring is 1. The first-order valence-electron chi connectivity index (χ1n) is 7.15. The molecule has 2 aromatic rings. The normalized spacial score (nSPS) is 10.9. The highest BCUT2D eigenvalue weighted by Crippen LogP contribution is 2.27. The number of aryl methyl sites for hydroxylation is 1. The second-order valence-corrected chi connectivity index (χ2v) is 5.20. The SMILES string of the molecule is CCc1nc(NCc2ccco2)c(N)c(OCC(C)C)n1. The van der Waals surface area contributed by atoms with Crippen molar-refractivity contribution in [1.29, 1.82) is 0 Å². The molecule has 0 aromatic carbocycles. The zero-order chi connectivity index (χ0) is 15.2. The molecule has 0 fully saturated rings. The Hall–Kier alpha value is -2.24. The van der Waals surface area contributed by atoms with E-state index in [0.717, 1.165) is 5.76 Å². The summed E-state index contributed by atoms with van der Waals surface area (Å²) in [5.74, 6) is 2.94. The molecule has 0 atom stereocenters. The Balaban J connectivity index is 2.16. The Labute approximate surface area is 124 Å². The molecule has 2 heterocycles. The maximum absolute atomic E-state index is 6.09. The van der Waals surface area contributed by atoms with Crippen LogP contribution >= 0.6 is 0 Å². The minimum absolute atomic E-state index is 0.406. The van der Waals surface area contributed by atoms with Gasteiger partial charge in [0.15, 0.2) is 5.82 Å². The fourth-order valence-corrected chi connectivity index (χ4v) is 1.73. The van der Waals surface area contributed by atoms with Crippen LogP contribution in [0.4, 0.5) is 11.5 Å². The molecule has 2 rings (SSSR count). The molecule has 0 spiro atoms. The van der Waals surface area contributed by atoms with Crippen molar-refractivity contribution in [2.75, 3.05) is 17.7 Å². The van der Waals surface area contributed by atoms with Gasteiger partial charge < -0.3 is 20.2 Å². The molecule has 114 valence electrons. The lowest BCUT2D eigenvalue weighted by molar-refractivity contribution is 0.262. The monoisotopic (exact) mass is 290 g/mol. The van der Waals surface area contributed by atoms with Gasteiger partial charge in [0.25, 0.3) is 0 Å². The number of rotatable bonds is 7. The molecule has 0 bridgehead atoms. The molecule has 6 nitrogen and oxygen atoms in total. The summed E-state index contributed by atoms with van der Waals surface area (Å²) in [4.78, 5) is 8.76. The van der Waals surface area contributed by atoms with Gasteiger partial charge >= 0.3 is 0 Å². The smallest absolute Gasteiger partial charge is 0.242 e. The zero-order valence-electron chi connectivity index (χ0n) is 12.7. The van der Waals surface area contributed by atoms with Crippen LogP contribution in [0.1, 0.15) is 32.4 Å². The third-order valence-corrected chi connectivity index (χ3v) is 2.84. The second-order valence-electron chi connectivity index (χ2n) is 5.20. The molecule has 0 saturated carbocycles. The molecule has 3 N–H and O–H groups in total. The molecular formula is C15H22N4O2. The molecular weight excluding hydrogens is 268 g/mol. The predicted octanol–water partition coefficient (Wildman–Crippen LogP) is 2.86. The highest BCUT2D eigenvalue weighted by atomic mass is 16.5. The van der Waals surface area contributed by atoms with Crippen molar-refractivity contribution in [1.82, 2.24) is 9.97 Å². The maximum Gasteiger partial charge on any atom is 0.242 e. The lowest BCUT2D eigenvalue weighted by atomic mass is 10.2. The average Bonchev–Trinajstić information content (AvgIpc) is 2.98. The number of anilines is 2. The van der Waals surface area contributed by atoms with Crippen LogP contribution in [0.5, 0.6) is 5.88 Å². The van der Waals surface area contributed by atoms with Gasteiger partial charge in [-0.05, 0) is 18.1 Å². The third-order valence-electron chi connectivity index (χ3n) is 2.84. The van der Waals surface area contributed by atoms with E-state index in [-0.39, 0.29) is 0 Å². The maximum atomic E-state index is 6.09. The van der Waals surface area contributed by atoms with Gasteiger partial charge in [-0.2, -0.15) is 4.98 Å². The van der Waals surface area contributed by atoms with E-state index in [1.165, 1.54) is 0 Å². The van der Waals surface area contributed by atoms with Crippen molar-refractivity contribution in [2.45, 2.75) is 33.7 Å². The highest BCUT2D eigenvalue weighted by molar-refractivity contribution is 5.66. The summed E-state index contributed by atoms with van der Waals surface area (Å²) in [5.41, 5.74) is 6.52. The van der Waals surface area contributed by atoms with Gasteiger partial charge in [-0.1, -0.05) is 20.8 Å². The summed E-state index contributed by atoms with van der Waals surface area (Å²) < 4.78 is 11.0. The lowest BCUT2D eigenvalue weighted by Crippen LogP contribution is -2.12. The first-order chi connectivity index (χ1) is 10.1. The summed E-state index contributed by atoms with van der Waals surface area (Å²) in [7, 11) is 0. The molecule has 0 aliphatic heterocycles. The number of furan rings is 1. The van der Waals surface area contributed by atoms with Gasteiger partial charge in [0.1, 0.15) is 17.3 Å². The summed E-state index contributed by atoms with van der Waals surface area (Å²) in [6.45, 7) is 7.24. The van der Waals surface area contributed by atoms with Crippen LogP contribution in [-0.2, 0) is 13.0 Å². The van der Waals surface area contributed by atoms with Crippen LogP contribution in [0.2, 0.25) is 0 Å². The molecule has 2 aromatic heterocycles. The van der Waals surface area contributed by atoms with Gasteiger partial charge in [-0.25, -0.2) is 4.98 Å². The first kappa shape index (κ1) is 15.2. The van der Waals surface area contributed by atoms with Crippen LogP contribution in [0.25, 0.3) is 0 Å². The van der Waals surface area contributed by atoms with Gasteiger partial charge in [-0.15, -0.1) is 0 Å². The Kier molecular flexibility index (Phi) is 5.03. The number of hydrogen-bond donors (Lipinski definition) is 2. The van der Waals surface area contributed by atoms with E-state index in [4.69, 9.17) is 14.9 Å². The summed E-state index contributed by atoms with van der Waals surface area (Å²) >= 11 is 0. The fraction of sp³-hybridized carbons (Fsp3) is 0.467. The molecule has 6 heteroatoms. The summed E-state index contributed by atoms with van der Waals surface area (Å²) in [5, 5.41) is 3.17. The van der Waals surface area contributed by atoms with Crippen molar-refractivity contribution in [2.24, 2.45) is 5.92 Å². The summed E-state index contributed by atoms with van der Waals surface area (Å²) in [6.07, 6.45) is 2.35. The lowest BCUT2D eigenvalue weighted by Gasteiger charge is -2.14. The number of ether oxygens (including phenoxy) is 1. The average molecular weight is 290 g/mol. The molecule has 21 heavy (non-hydrogen) atoms. The topological polar surface area (TPSA) is 86.2 Å². The van der Waals surface area contributed by atoms with Gasteiger partial charge in [0.2, 0.25) is 5.88 Å². The zero-order valence-corrected chi connectivity index (χ0v) is 12.7. The van der Waals surface area contributed by atoms with Gasteiger partial charge in [0.05, 0.1) is 19.4 Å². The number of nitrogens with two attached hydrogens (primary N) is 1. The van der Waals surface area contributed by atoms with E-state index in [1.807, 2.05) is 19.1 Å². The first-order valence-corrected chi connectivity index (χ1v) is 7.15. The Morgan fingerprint density at radius 2 is 2.19 bits per heavy atom. The van der Waals surface area contributed by atoms with E-state index in [1.54, 1.807) is 6.26 Å². The van der Waals surface area contributed by atoms with Gasteiger partial charge in [-0.3, -0.25) is 0 Å². The van der Waals surface area contributed by atoms with Crippen LogP contribution < -0.4 is 15.8 Å². The third kappa shape index (κ3) is 4.11. The van der Waals surface area contributed by atoms with Crippen LogP contribution in [0.3, 0.4) is 0 Å². The van der Waals surface area contributed by atoms with E-state index in [2.05, 4.69) is 29.1 Å². The molecule has 0 radical (unpaired) electrons. The van der Waals surface area contributed by atoms with Crippen molar-refractivity contribution in [3.8, 4) is 5.88 Å². The number of hydrogen-bond acceptors (Lipinski definition) is 6. The standard InChI is InChI=1S/C15H22N4O2/c1-4-12-18-14(17-8-11-6-5-7-20-11)13(16)15(19-12)21-9-10(2)3/h5-7,10H,4,8-9,16H2,1-3H3,(H,17,18,19). The van der Waals surface area contributed by atoms with E-state index in [0.29, 0.717) is 48.7 Å². The molecule has 0 saturated heterocycles. The van der Waals surface area contributed by atoms with Crippen molar-refractivity contribution < 1.29 is 9.15 Å². The minimum Gasteiger partial charge on any atom is -0.476 e. The number of nitrogens with one attached hydrogen (secondary N) is 1. The van der Waals surface area contributed by atoms with Crippen LogP contribution in [-0.4, -0.2) is 16.6 Å². The second kappa shape index (κ2) is 6.97. The Morgan fingerprint density at radius 1 is 1.38 bits per heavy atom.